The van der Waals surface area contributed by atoms with E-state index in [1.807, 2.05) is 13.1 Å². The zero-order valence-electron chi connectivity index (χ0n) is 12.0. The van der Waals surface area contributed by atoms with Gasteiger partial charge in [0.05, 0.1) is 12.1 Å². The molecule has 1 aliphatic rings. The number of hydrogen-bond donors (Lipinski definition) is 2. The molecule has 1 saturated heterocycles. The number of nitrogens with one attached hydrogen (secondary N) is 2. The van der Waals surface area contributed by atoms with Crippen LogP contribution in [0.4, 0.5) is 9.18 Å². The Bertz CT molecular complexity index is 515. The van der Waals surface area contributed by atoms with E-state index in [2.05, 4.69) is 20.5 Å². The first-order chi connectivity index (χ1) is 10.0. The summed E-state index contributed by atoms with van der Waals surface area (Å²) in [4.78, 5) is 18.1. The number of carbonyl (C=O) groups excluding carboxylic acids is 1. The molecule has 0 unspecified atom stereocenters. The van der Waals surface area contributed by atoms with Crippen LogP contribution in [0.15, 0.2) is 18.2 Å². The second-order valence-electron chi connectivity index (χ2n) is 5.16. The highest BCUT2D eigenvalue weighted by molar-refractivity contribution is 6.30. The molecule has 0 bridgehead atoms. The lowest BCUT2D eigenvalue weighted by Gasteiger charge is -2.26. The molecule has 1 aliphatic heterocycles. The zero-order chi connectivity index (χ0) is 15.4. The lowest BCUT2D eigenvalue weighted by atomic mass is 9.93. The fourth-order valence-corrected chi connectivity index (χ4v) is 2.93. The summed E-state index contributed by atoms with van der Waals surface area (Å²) in [5.41, 5.74) is 3.08. The Kier molecular flexibility index (Phi) is 5.39. The minimum absolute atomic E-state index is 0.0552. The summed E-state index contributed by atoms with van der Waals surface area (Å²) in [5.74, 6) is -0.212. The van der Waals surface area contributed by atoms with Crippen molar-refractivity contribution in [1.29, 1.82) is 0 Å². The molecule has 1 aromatic rings. The van der Waals surface area contributed by atoms with Crippen LogP contribution < -0.4 is 10.8 Å². The molecular weight excluding hydrogens is 297 g/mol. The molecule has 2 rings (SSSR count). The topological polar surface area (TPSA) is 53.6 Å². The largest absolute Gasteiger partial charge is 0.338 e. The van der Waals surface area contributed by atoms with Gasteiger partial charge in [0.25, 0.3) is 0 Å². The van der Waals surface area contributed by atoms with Crippen molar-refractivity contribution in [3.8, 4) is 0 Å². The predicted molar refractivity (Wildman–Crippen MR) is 78.4 cm³/mol. The van der Waals surface area contributed by atoms with Crippen LogP contribution in [-0.2, 0) is 4.84 Å². The standard InChI is InChI=1S/C14H19ClFN3O2/c1-19-6-5-10(8-17-14(20)18-21-2)13(19)9-3-4-11(15)12(16)7-9/h3-4,7,10,13H,5-6,8H2,1-2H3,(H2,17,18,20)/t10-,13+/m1/s1. The van der Waals surface area contributed by atoms with E-state index < -0.39 is 5.82 Å². The van der Waals surface area contributed by atoms with Crippen LogP contribution in [-0.4, -0.2) is 38.2 Å². The summed E-state index contributed by atoms with van der Waals surface area (Å²) in [7, 11) is 3.37. The summed E-state index contributed by atoms with van der Waals surface area (Å²) in [6, 6.07) is 4.55. The SMILES string of the molecule is CONC(=O)NC[C@H]1CCN(C)[C@H]1c1ccc(Cl)c(F)c1. The van der Waals surface area contributed by atoms with Gasteiger partial charge in [-0.1, -0.05) is 17.7 Å². The Morgan fingerprint density at radius 3 is 3.00 bits per heavy atom. The fourth-order valence-electron chi connectivity index (χ4n) is 2.82. The zero-order valence-corrected chi connectivity index (χ0v) is 12.8. The Morgan fingerprint density at radius 2 is 2.33 bits per heavy atom. The van der Waals surface area contributed by atoms with Crippen molar-refractivity contribution in [3.63, 3.8) is 0 Å². The number of amides is 2. The van der Waals surface area contributed by atoms with Crippen LogP contribution in [0.3, 0.4) is 0 Å². The predicted octanol–water partition coefficient (Wildman–Crippen LogP) is 2.33. The lowest BCUT2D eigenvalue weighted by molar-refractivity contribution is 0.106. The molecule has 2 atom stereocenters. The molecule has 1 fully saturated rings. The van der Waals surface area contributed by atoms with E-state index in [0.29, 0.717) is 6.54 Å². The maximum absolute atomic E-state index is 13.7. The van der Waals surface area contributed by atoms with Crippen LogP contribution in [0.25, 0.3) is 0 Å². The minimum Gasteiger partial charge on any atom is -0.336 e. The van der Waals surface area contributed by atoms with Gasteiger partial charge in [0.2, 0.25) is 0 Å². The second kappa shape index (κ2) is 7.06. The van der Waals surface area contributed by atoms with Crippen molar-refractivity contribution in [2.24, 2.45) is 5.92 Å². The van der Waals surface area contributed by atoms with Gasteiger partial charge in [-0.2, -0.15) is 0 Å². The number of nitrogens with zero attached hydrogens (tertiary/aromatic N) is 1. The maximum atomic E-state index is 13.7. The van der Waals surface area contributed by atoms with E-state index in [0.717, 1.165) is 18.5 Å². The molecular formula is C14H19ClFN3O2. The number of carbonyl (C=O) groups is 1. The van der Waals surface area contributed by atoms with Crippen LogP contribution in [0, 0.1) is 11.7 Å². The molecule has 0 radical (unpaired) electrons. The van der Waals surface area contributed by atoms with Gasteiger partial charge in [0.1, 0.15) is 5.82 Å². The third kappa shape index (κ3) is 3.84. The normalized spacial score (nSPS) is 22.3. The van der Waals surface area contributed by atoms with Gasteiger partial charge in [0.15, 0.2) is 0 Å². The molecule has 0 spiro atoms. The lowest BCUT2D eigenvalue weighted by Crippen LogP contribution is -2.38. The Labute approximate surface area is 128 Å². The Hall–Kier alpha value is -1.37. The van der Waals surface area contributed by atoms with E-state index in [-0.39, 0.29) is 23.0 Å². The fraction of sp³-hybridized carbons (Fsp3) is 0.500. The summed E-state index contributed by atoms with van der Waals surface area (Å²) in [5, 5.41) is 2.87. The molecule has 1 heterocycles. The first-order valence-corrected chi connectivity index (χ1v) is 7.12. The summed E-state index contributed by atoms with van der Waals surface area (Å²) in [6.45, 7) is 1.39. The molecule has 5 nitrogen and oxygen atoms in total. The van der Waals surface area contributed by atoms with Crippen molar-refractivity contribution < 1.29 is 14.0 Å². The first-order valence-electron chi connectivity index (χ1n) is 6.75. The van der Waals surface area contributed by atoms with Gasteiger partial charge in [-0.3, -0.25) is 9.74 Å². The first kappa shape index (κ1) is 16.0. The molecule has 0 aromatic heterocycles. The number of hydrogen-bond acceptors (Lipinski definition) is 3. The molecule has 0 aliphatic carbocycles. The average Bonchev–Trinajstić information content (AvgIpc) is 2.81. The van der Waals surface area contributed by atoms with E-state index in [4.69, 9.17) is 11.6 Å². The molecule has 0 saturated carbocycles. The Balaban J connectivity index is 2.07. The smallest absolute Gasteiger partial charge is 0.336 e. The van der Waals surface area contributed by atoms with Crippen molar-refractivity contribution in [3.05, 3.63) is 34.6 Å². The van der Waals surface area contributed by atoms with Gasteiger partial charge < -0.3 is 5.32 Å². The average molecular weight is 316 g/mol. The molecule has 2 amide bonds. The van der Waals surface area contributed by atoms with Gasteiger partial charge in [-0.25, -0.2) is 14.7 Å². The van der Waals surface area contributed by atoms with Crippen LogP contribution in [0.2, 0.25) is 5.02 Å². The highest BCUT2D eigenvalue weighted by Gasteiger charge is 2.33. The quantitative estimate of drug-likeness (QED) is 0.839. The number of urea groups is 1. The third-order valence-electron chi connectivity index (χ3n) is 3.78. The van der Waals surface area contributed by atoms with E-state index in [9.17, 15) is 9.18 Å². The molecule has 116 valence electrons. The maximum Gasteiger partial charge on any atom is 0.338 e. The van der Waals surface area contributed by atoms with E-state index in [1.165, 1.54) is 13.2 Å². The Morgan fingerprint density at radius 1 is 1.57 bits per heavy atom. The highest BCUT2D eigenvalue weighted by Crippen LogP contribution is 2.36. The van der Waals surface area contributed by atoms with Crippen LogP contribution >= 0.6 is 11.6 Å². The third-order valence-corrected chi connectivity index (χ3v) is 4.09. The van der Waals surface area contributed by atoms with Gasteiger partial charge in [0, 0.05) is 12.6 Å². The van der Waals surface area contributed by atoms with Crippen LogP contribution in [0.5, 0.6) is 0 Å². The van der Waals surface area contributed by atoms with Crippen molar-refractivity contribution in [1.82, 2.24) is 15.7 Å². The van der Waals surface area contributed by atoms with Crippen molar-refractivity contribution >= 4 is 17.6 Å². The molecule has 21 heavy (non-hydrogen) atoms. The van der Waals surface area contributed by atoms with Gasteiger partial charge >= 0.3 is 6.03 Å². The second-order valence-corrected chi connectivity index (χ2v) is 5.57. The summed E-state index contributed by atoms with van der Waals surface area (Å²) >= 11 is 5.73. The number of rotatable bonds is 4. The van der Waals surface area contributed by atoms with Crippen LogP contribution in [0.1, 0.15) is 18.0 Å². The number of benzene rings is 1. The minimum atomic E-state index is -0.418. The summed E-state index contributed by atoms with van der Waals surface area (Å²) < 4.78 is 13.7. The highest BCUT2D eigenvalue weighted by atomic mass is 35.5. The van der Waals surface area contributed by atoms with E-state index in [1.54, 1.807) is 6.07 Å². The van der Waals surface area contributed by atoms with Crippen molar-refractivity contribution in [2.75, 3.05) is 27.2 Å². The number of likely N-dealkylation sites (tertiary alicyclic amines) is 1. The molecule has 1 aromatic carbocycles. The van der Waals surface area contributed by atoms with E-state index >= 15 is 0 Å². The monoisotopic (exact) mass is 315 g/mol. The van der Waals surface area contributed by atoms with Crippen molar-refractivity contribution in [2.45, 2.75) is 12.5 Å². The number of hydroxylamine groups is 1. The molecule has 7 heteroatoms. The molecule has 2 N–H and O–H groups in total. The van der Waals surface area contributed by atoms with Gasteiger partial charge in [-0.15, -0.1) is 0 Å². The summed E-state index contributed by atoms with van der Waals surface area (Å²) in [6.07, 6.45) is 0.929. The van der Waals surface area contributed by atoms with Gasteiger partial charge in [-0.05, 0) is 43.6 Å². The number of halogens is 2.